The molecule has 0 unspecified atom stereocenters. The number of para-hydroxylation sites is 1. The van der Waals surface area contributed by atoms with Crippen LogP contribution in [-0.4, -0.2) is 16.6 Å². The molecule has 0 radical (unpaired) electrons. The molecular formula is C6H5AlBr2O. The molecule has 1 nitrogen and oxygen atoms in total. The fourth-order valence-electron chi connectivity index (χ4n) is 0.499. The van der Waals surface area contributed by atoms with Crippen LogP contribution in [0.25, 0.3) is 0 Å². The van der Waals surface area contributed by atoms with Gasteiger partial charge < -0.3 is 34.0 Å². The minimum Gasteiger partial charge on any atom is -1.00 e. The minimum absolute atomic E-state index is 0. The molecule has 0 aromatic heterocycles. The molecule has 0 saturated heterocycles. The quantitative estimate of drug-likeness (QED) is 0.469. The molecule has 4 heteroatoms. The van der Waals surface area contributed by atoms with Crippen LogP contribution in [-0.2, 0) is 0 Å². The predicted molar refractivity (Wildman–Crippen MR) is 32.8 cm³/mol. The molecule has 0 atom stereocenters. The van der Waals surface area contributed by atoms with E-state index in [-0.39, 0.29) is 34.0 Å². The Morgan fingerprint density at radius 1 is 1.00 bits per heavy atom. The number of hydrogen-bond donors (Lipinski definition) is 0. The Labute approximate surface area is 90.1 Å². The summed E-state index contributed by atoms with van der Waals surface area (Å²) in [7, 11) is 0. The van der Waals surface area contributed by atoms with E-state index in [4.69, 9.17) is 3.79 Å². The van der Waals surface area contributed by atoms with Crippen LogP contribution in [0.1, 0.15) is 0 Å². The van der Waals surface area contributed by atoms with E-state index >= 15 is 0 Å². The fourth-order valence-corrected chi connectivity index (χ4v) is 0.656. The predicted octanol–water partition coefficient (Wildman–Crippen LogP) is -4.84. The first-order valence-electron chi connectivity index (χ1n) is 2.35. The van der Waals surface area contributed by atoms with Gasteiger partial charge in [0.1, 0.15) is 0 Å². The summed E-state index contributed by atoms with van der Waals surface area (Å²) in [5, 5.41) is 0. The van der Waals surface area contributed by atoms with Gasteiger partial charge in [-0.2, -0.15) is 0 Å². The molecule has 0 bridgehead atoms. The summed E-state index contributed by atoms with van der Waals surface area (Å²) in [4.78, 5) is 0. The van der Waals surface area contributed by atoms with Crippen molar-refractivity contribution in [2.24, 2.45) is 0 Å². The average molecular weight is 280 g/mol. The van der Waals surface area contributed by atoms with E-state index in [0.717, 1.165) is 5.75 Å². The zero-order valence-corrected chi connectivity index (χ0v) is 9.45. The second kappa shape index (κ2) is 7.62. The zero-order valence-electron chi connectivity index (χ0n) is 5.13. The van der Waals surface area contributed by atoms with Gasteiger partial charge in [0.2, 0.25) is 0 Å². The molecule has 0 amide bonds. The first-order valence-corrected chi connectivity index (χ1v) is 2.82. The van der Waals surface area contributed by atoms with Gasteiger partial charge in [0.05, 0.1) is 0 Å². The third kappa shape index (κ3) is 4.35. The Hall–Kier alpha value is 0.512. The molecule has 0 N–H and O–H groups in total. The zero-order chi connectivity index (χ0) is 5.82. The van der Waals surface area contributed by atoms with Gasteiger partial charge in [0.25, 0.3) is 0 Å². The van der Waals surface area contributed by atoms with Crippen molar-refractivity contribution in [3.05, 3.63) is 30.3 Å². The molecule has 0 fully saturated rings. The number of benzene rings is 1. The molecule has 0 aliphatic heterocycles. The molecule has 1 rings (SSSR count). The molecule has 1 aromatic carbocycles. The Bertz CT molecular complexity index is 157. The average Bonchev–Trinajstić information content (AvgIpc) is 1.90. The second-order valence-electron chi connectivity index (χ2n) is 1.43. The molecule has 0 heterocycles. The maximum Gasteiger partial charge on any atom is -1.00 e. The molecule has 10 heavy (non-hydrogen) atoms. The largest absolute Gasteiger partial charge is 1.00 e. The van der Waals surface area contributed by atoms with Gasteiger partial charge in [-0.25, -0.2) is 0 Å². The van der Waals surface area contributed by atoms with Crippen LogP contribution in [0.2, 0.25) is 0 Å². The summed E-state index contributed by atoms with van der Waals surface area (Å²) < 4.78 is 4.83. The van der Waals surface area contributed by atoms with E-state index in [2.05, 4.69) is 16.6 Å². The van der Waals surface area contributed by atoms with E-state index in [1.54, 1.807) is 0 Å². The second-order valence-corrected chi connectivity index (χ2v) is 1.67. The topological polar surface area (TPSA) is 9.23 Å². The summed E-state index contributed by atoms with van der Waals surface area (Å²) in [6.07, 6.45) is 0. The van der Waals surface area contributed by atoms with Crippen LogP contribution < -0.4 is 37.8 Å². The molecule has 1 aromatic rings. The van der Waals surface area contributed by atoms with Gasteiger partial charge in [-0.3, -0.25) is 0 Å². The first kappa shape index (κ1) is 13.1. The van der Waals surface area contributed by atoms with Crippen molar-refractivity contribution in [2.75, 3.05) is 0 Å². The van der Waals surface area contributed by atoms with Crippen molar-refractivity contribution in [1.82, 2.24) is 0 Å². The van der Waals surface area contributed by atoms with Crippen molar-refractivity contribution in [2.45, 2.75) is 0 Å². The summed E-state index contributed by atoms with van der Waals surface area (Å²) in [5.74, 6) is 0.873. The summed E-state index contributed by atoms with van der Waals surface area (Å²) in [6, 6.07) is 9.60. The van der Waals surface area contributed by atoms with Gasteiger partial charge in [-0.15, -0.1) is 0 Å². The SMILES string of the molecule is [Al+2][O]c1ccccc1.[Br-].[Br-]. The molecule has 0 saturated carbocycles. The van der Waals surface area contributed by atoms with Crippen LogP contribution in [0.3, 0.4) is 0 Å². The maximum atomic E-state index is 4.83. The Balaban J connectivity index is 0. The van der Waals surface area contributed by atoms with E-state index in [9.17, 15) is 0 Å². The van der Waals surface area contributed by atoms with E-state index in [0.29, 0.717) is 0 Å². The maximum absolute atomic E-state index is 4.83. The summed E-state index contributed by atoms with van der Waals surface area (Å²) in [5.41, 5.74) is 0. The molecule has 52 valence electrons. The van der Waals surface area contributed by atoms with Crippen molar-refractivity contribution in [3.8, 4) is 5.75 Å². The van der Waals surface area contributed by atoms with Gasteiger partial charge >= 0.3 is 56.5 Å². The summed E-state index contributed by atoms with van der Waals surface area (Å²) >= 11 is 2.19. The normalized spacial score (nSPS) is 7.00. The Morgan fingerprint density at radius 2 is 1.50 bits per heavy atom. The van der Waals surface area contributed by atoms with E-state index < -0.39 is 0 Å². The van der Waals surface area contributed by atoms with Crippen LogP contribution in [0.15, 0.2) is 30.3 Å². The van der Waals surface area contributed by atoms with Gasteiger partial charge in [0, 0.05) is 0 Å². The van der Waals surface area contributed by atoms with Crippen molar-refractivity contribution >= 4 is 16.6 Å². The molecule has 0 aliphatic carbocycles. The third-order valence-electron chi connectivity index (χ3n) is 0.879. The molecule has 0 aliphatic rings. The fraction of sp³-hybridized carbons (Fsp3) is 0. The summed E-state index contributed by atoms with van der Waals surface area (Å²) in [6.45, 7) is 0. The Morgan fingerprint density at radius 3 is 1.80 bits per heavy atom. The monoisotopic (exact) mass is 278 g/mol. The third-order valence-corrected chi connectivity index (χ3v) is 1.15. The van der Waals surface area contributed by atoms with Crippen molar-refractivity contribution in [3.63, 3.8) is 0 Å². The number of rotatable bonds is 1. The van der Waals surface area contributed by atoms with Crippen LogP contribution in [0, 0.1) is 0 Å². The first-order chi connectivity index (χ1) is 3.93. The minimum atomic E-state index is 0. The van der Waals surface area contributed by atoms with Crippen molar-refractivity contribution in [1.29, 1.82) is 0 Å². The van der Waals surface area contributed by atoms with Crippen LogP contribution >= 0.6 is 0 Å². The number of halogens is 2. The number of hydrogen-bond acceptors (Lipinski definition) is 1. The van der Waals surface area contributed by atoms with Gasteiger partial charge in [0.15, 0.2) is 0 Å². The standard InChI is InChI=1S/C6H6O.Al.2BrH/c7-6-4-2-1-3-5-6;;;/h1-5,7H;;2*1H/q;+3;;/p-3. The molecular weight excluding hydrogens is 275 g/mol. The van der Waals surface area contributed by atoms with Gasteiger partial charge in [-0.05, 0) is 0 Å². The van der Waals surface area contributed by atoms with Crippen LogP contribution in [0.5, 0.6) is 5.75 Å². The molecule has 0 spiro atoms. The smallest absolute Gasteiger partial charge is 1.00 e. The van der Waals surface area contributed by atoms with E-state index in [1.165, 1.54) is 0 Å². The Kier molecular flexibility index (Phi) is 10.00. The van der Waals surface area contributed by atoms with Crippen LogP contribution in [0.4, 0.5) is 0 Å². The van der Waals surface area contributed by atoms with E-state index in [1.807, 2.05) is 30.3 Å². The van der Waals surface area contributed by atoms with Gasteiger partial charge in [-0.1, -0.05) is 0 Å². The van der Waals surface area contributed by atoms with Crippen molar-refractivity contribution < 1.29 is 37.8 Å².